The van der Waals surface area contributed by atoms with Gasteiger partial charge in [-0.2, -0.15) is 0 Å². The molecule has 0 aliphatic rings. The van der Waals surface area contributed by atoms with Crippen molar-refractivity contribution < 1.29 is 9.90 Å². The molecule has 12 heavy (non-hydrogen) atoms. The number of nitrogens with zero attached hydrogens (tertiary/aromatic N) is 1. The molecule has 0 unspecified atom stereocenters. The van der Waals surface area contributed by atoms with E-state index in [0.29, 0.717) is 5.69 Å². The second-order valence-electron chi connectivity index (χ2n) is 2.11. The van der Waals surface area contributed by atoms with Crippen LogP contribution < -0.4 is 5.73 Å². The first kappa shape index (κ1) is 8.08. The molecule has 4 heteroatoms. The van der Waals surface area contributed by atoms with Gasteiger partial charge in [-0.25, -0.2) is 9.78 Å². The Bertz CT molecular complexity index is 366. The number of carbonyl (C=O) groups is 1. The normalized spacial score (nSPS) is 8.92. The number of pyridine rings is 1. The number of rotatable bonds is 1. The van der Waals surface area contributed by atoms with Gasteiger partial charge in [0, 0.05) is 6.20 Å². The van der Waals surface area contributed by atoms with Gasteiger partial charge in [0.05, 0.1) is 5.69 Å². The number of nitrogens with two attached hydrogens (primary N) is 1. The summed E-state index contributed by atoms with van der Waals surface area (Å²) < 4.78 is 0. The predicted molar refractivity (Wildman–Crippen MR) is 43.5 cm³/mol. The van der Waals surface area contributed by atoms with E-state index < -0.39 is 5.97 Å². The van der Waals surface area contributed by atoms with Crippen LogP contribution in [0.3, 0.4) is 0 Å². The zero-order valence-electron chi connectivity index (χ0n) is 6.11. The summed E-state index contributed by atoms with van der Waals surface area (Å²) in [6.45, 7) is 0. The third-order valence-corrected chi connectivity index (χ3v) is 1.31. The lowest BCUT2D eigenvalue weighted by Crippen LogP contribution is -2.03. The number of terminal acetylenes is 1. The largest absolute Gasteiger partial charge is 0.478 e. The summed E-state index contributed by atoms with van der Waals surface area (Å²) in [6, 6.07) is 1.35. The number of hydrogen-bond donors (Lipinski definition) is 2. The summed E-state index contributed by atoms with van der Waals surface area (Å²) >= 11 is 0. The number of carboxylic acid groups (broad SMARTS) is 1. The molecule has 1 rings (SSSR count). The van der Waals surface area contributed by atoms with Crippen molar-refractivity contribution in [1.29, 1.82) is 0 Å². The molecule has 0 radical (unpaired) electrons. The van der Waals surface area contributed by atoms with Crippen LogP contribution in [0.2, 0.25) is 0 Å². The minimum Gasteiger partial charge on any atom is -0.478 e. The highest BCUT2D eigenvalue weighted by molar-refractivity contribution is 5.93. The van der Waals surface area contributed by atoms with Crippen molar-refractivity contribution in [3.05, 3.63) is 23.5 Å². The molecule has 0 fully saturated rings. The van der Waals surface area contributed by atoms with Crippen molar-refractivity contribution in [2.24, 2.45) is 0 Å². The van der Waals surface area contributed by atoms with Crippen molar-refractivity contribution in [2.45, 2.75) is 0 Å². The molecule has 0 atom stereocenters. The van der Waals surface area contributed by atoms with Gasteiger partial charge in [0.1, 0.15) is 11.3 Å². The van der Waals surface area contributed by atoms with Crippen molar-refractivity contribution in [3.8, 4) is 12.3 Å². The quantitative estimate of drug-likeness (QED) is 0.584. The lowest BCUT2D eigenvalue weighted by Gasteiger charge is -1.98. The lowest BCUT2D eigenvalue weighted by atomic mass is 10.2. The van der Waals surface area contributed by atoms with Crippen LogP contribution in [0, 0.1) is 12.3 Å². The molecule has 0 aliphatic heterocycles. The van der Waals surface area contributed by atoms with E-state index >= 15 is 0 Å². The zero-order valence-corrected chi connectivity index (χ0v) is 6.11. The fourth-order valence-electron chi connectivity index (χ4n) is 0.729. The van der Waals surface area contributed by atoms with Gasteiger partial charge in [0.15, 0.2) is 0 Å². The molecule has 1 heterocycles. The van der Waals surface area contributed by atoms with Crippen molar-refractivity contribution in [1.82, 2.24) is 4.98 Å². The molecule has 1 aromatic rings. The summed E-state index contributed by atoms with van der Waals surface area (Å²) in [6.07, 6.45) is 6.18. The van der Waals surface area contributed by atoms with Crippen molar-refractivity contribution >= 4 is 11.7 Å². The topological polar surface area (TPSA) is 76.2 Å². The van der Waals surface area contributed by atoms with Gasteiger partial charge >= 0.3 is 5.97 Å². The lowest BCUT2D eigenvalue weighted by molar-refractivity contribution is 0.0697. The third kappa shape index (κ3) is 1.35. The Morgan fingerprint density at radius 3 is 2.83 bits per heavy atom. The standard InChI is InChI=1S/C8H6N2O2/c1-2-5-3-7(9)6(4-10-5)8(11)12/h1,3-4H,(H2,9,10)(H,11,12). The fourth-order valence-corrected chi connectivity index (χ4v) is 0.729. The van der Waals surface area contributed by atoms with Crippen LogP contribution in [0.5, 0.6) is 0 Å². The highest BCUT2D eigenvalue weighted by Crippen LogP contribution is 2.10. The van der Waals surface area contributed by atoms with Gasteiger partial charge in [0.2, 0.25) is 0 Å². The number of aromatic nitrogens is 1. The van der Waals surface area contributed by atoms with E-state index in [0.717, 1.165) is 6.20 Å². The predicted octanol–water partition coefficient (Wildman–Crippen LogP) is 0.343. The van der Waals surface area contributed by atoms with E-state index in [2.05, 4.69) is 10.9 Å². The molecule has 60 valence electrons. The molecule has 0 bridgehead atoms. The van der Waals surface area contributed by atoms with E-state index in [1.165, 1.54) is 6.07 Å². The van der Waals surface area contributed by atoms with Crippen molar-refractivity contribution in [3.63, 3.8) is 0 Å². The zero-order chi connectivity index (χ0) is 9.14. The first-order valence-corrected chi connectivity index (χ1v) is 3.10. The first-order valence-electron chi connectivity index (χ1n) is 3.10. The number of hydrogen-bond acceptors (Lipinski definition) is 3. The van der Waals surface area contributed by atoms with Crippen LogP contribution in [0.1, 0.15) is 16.1 Å². The molecule has 0 aromatic carbocycles. The maximum atomic E-state index is 10.4. The van der Waals surface area contributed by atoms with Crippen LogP contribution in [-0.4, -0.2) is 16.1 Å². The number of nitrogen functional groups attached to an aromatic ring is 1. The Hall–Kier alpha value is -2.02. The summed E-state index contributed by atoms with van der Waals surface area (Å²) in [5.74, 6) is 1.14. The Balaban J connectivity index is 3.23. The van der Waals surface area contributed by atoms with Crippen LogP contribution >= 0.6 is 0 Å². The van der Waals surface area contributed by atoms with Crippen LogP contribution in [0.25, 0.3) is 0 Å². The first-order chi connectivity index (χ1) is 5.65. The molecule has 0 saturated carbocycles. The molecule has 0 aliphatic carbocycles. The fraction of sp³-hybridized carbons (Fsp3) is 0. The second kappa shape index (κ2) is 2.93. The van der Waals surface area contributed by atoms with Crippen LogP contribution in [0.15, 0.2) is 12.3 Å². The summed E-state index contributed by atoms with van der Waals surface area (Å²) in [5.41, 5.74) is 5.81. The minimum absolute atomic E-state index is 0.0333. The van der Waals surface area contributed by atoms with E-state index in [1.54, 1.807) is 0 Å². The van der Waals surface area contributed by atoms with E-state index in [4.69, 9.17) is 17.3 Å². The number of aromatic carboxylic acids is 1. The van der Waals surface area contributed by atoms with Gasteiger partial charge in [-0.1, -0.05) is 5.92 Å². The molecular formula is C8H6N2O2. The van der Waals surface area contributed by atoms with Gasteiger partial charge < -0.3 is 10.8 Å². The summed E-state index contributed by atoms with van der Waals surface area (Å²) in [4.78, 5) is 14.1. The maximum absolute atomic E-state index is 10.4. The monoisotopic (exact) mass is 162 g/mol. The average molecular weight is 162 g/mol. The number of carboxylic acids is 1. The molecule has 0 amide bonds. The van der Waals surface area contributed by atoms with E-state index in [-0.39, 0.29) is 11.3 Å². The minimum atomic E-state index is -1.11. The Morgan fingerprint density at radius 1 is 1.75 bits per heavy atom. The van der Waals surface area contributed by atoms with Gasteiger partial charge in [-0.3, -0.25) is 0 Å². The van der Waals surface area contributed by atoms with Crippen LogP contribution in [0.4, 0.5) is 5.69 Å². The highest BCUT2D eigenvalue weighted by atomic mass is 16.4. The summed E-state index contributed by atoms with van der Waals surface area (Å²) in [5, 5.41) is 8.56. The average Bonchev–Trinajstić information content (AvgIpc) is 2.03. The smallest absolute Gasteiger partial charge is 0.339 e. The maximum Gasteiger partial charge on any atom is 0.339 e. The van der Waals surface area contributed by atoms with Crippen LogP contribution in [-0.2, 0) is 0 Å². The summed E-state index contributed by atoms with van der Waals surface area (Å²) in [7, 11) is 0. The van der Waals surface area contributed by atoms with Gasteiger partial charge in [-0.05, 0) is 6.07 Å². The Labute approximate surface area is 69.0 Å². The van der Waals surface area contributed by atoms with Gasteiger partial charge in [-0.15, -0.1) is 6.42 Å². The molecule has 0 spiro atoms. The molecule has 4 nitrogen and oxygen atoms in total. The van der Waals surface area contributed by atoms with Gasteiger partial charge in [0.25, 0.3) is 0 Å². The van der Waals surface area contributed by atoms with E-state index in [1.807, 2.05) is 0 Å². The molecular weight excluding hydrogens is 156 g/mol. The Morgan fingerprint density at radius 2 is 2.42 bits per heavy atom. The number of anilines is 1. The SMILES string of the molecule is C#Cc1cc(N)c(C(=O)O)cn1. The second-order valence-corrected chi connectivity index (χ2v) is 2.11. The van der Waals surface area contributed by atoms with E-state index in [9.17, 15) is 4.79 Å². The molecule has 0 saturated heterocycles. The highest BCUT2D eigenvalue weighted by Gasteiger charge is 2.07. The third-order valence-electron chi connectivity index (χ3n) is 1.31. The van der Waals surface area contributed by atoms with Crippen molar-refractivity contribution in [2.75, 3.05) is 5.73 Å². The molecule has 3 N–H and O–H groups in total. The Kier molecular flexibility index (Phi) is 1.97. The molecule has 1 aromatic heterocycles.